The molecule has 3 nitrogen and oxygen atoms in total. The second kappa shape index (κ2) is 5.47. The SMILES string of the molecule is Cc1cccc(C)c1NC(=O)C(C)(N)c1ccccc1. The second-order valence-electron chi connectivity index (χ2n) is 5.29. The molecule has 2 aromatic carbocycles. The lowest BCUT2D eigenvalue weighted by Crippen LogP contribution is -2.45. The van der Waals surface area contributed by atoms with E-state index in [1.807, 2.05) is 62.4 Å². The van der Waals surface area contributed by atoms with E-state index in [9.17, 15) is 4.79 Å². The summed E-state index contributed by atoms with van der Waals surface area (Å²) in [5.41, 5.74) is 8.85. The zero-order valence-corrected chi connectivity index (χ0v) is 12.1. The minimum Gasteiger partial charge on any atom is -0.324 e. The number of carbonyl (C=O) groups is 1. The van der Waals surface area contributed by atoms with Gasteiger partial charge in [-0.2, -0.15) is 0 Å². The molecule has 0 radical (unpaired) electrons. The van der Waals surface area contributed by atoms with Crippen molar-refractivity contribution < 1.29 is 4.79 Å². The third-order valence-corrected chi connectivity index (χ3v) is 3.56. The molecule has 2 aromatic rings. The lowest BCUT2D eigenvalue weighted by molar-refractivity contribution is -0.120. The highest BCUT2D eigenvalue weighted by atomic mass is 16.2. The molecule has 0 bridgehead atoms. The van der Waals surface area contributed by atoms with Gasteiger partial charge in [-0.1, -0.05) is 48.5 Å². The maximum atomic E-state index is 12.5. The van der Waals surface area contributed by atoms with Gasteiger partial charge in [0, 0.05) is 5.69 Å². The van der Waals surface area contributed by atoms with E-state index in [2.05, 4.69) is 5.32 Å². The summed E-state index contributed by atoms with van der Waals surface area (Å²) < 4.78 is 0. The van der Waals surface area contributed by atoms with Crippen molar-refractivity contribution in [1.82, 2.24) is 0 Å². The summed E-state index contributed by atoms with van der Waals surface area (Å²) in [4.78, 5) is 12.5. The van der Waals surface area contributed by atoms with Gasteiger partial charge in [0.05, 0.1) is 0 Å². The molecule has 104 valence electrons. The molecule has 1 amide bonds. The first kappa shape index (κ1) is 14.3. The Morgan fingerprint density at radius 2 is 1.55 bits per heavy atom. The zero-order valence-electron chi connectivity index (χ0n) is 12.1. The van der Waals surface area contributed by atoms with Crippen LogP contribution in [-0.4, -0.2) is 5.91 Å². The molecule has 0 aliphatic rings. The summed E-state index contributed by atoms with van der Waals surface area (Å²) >= 11 is 0. The van der Waals surface area contributed by atoms with Crippen molar-refractivity contribution in [2.24, 2.45) is 5.73 Å². The first-order chi connectivity index (χ1) is 9.43. The molecule has 0 aromatic heterocycles. The maximum Gasteiger partial charge on any atom is 0.248 e. The highest BCUT2D eigenvalue weighted by Crippen LogP contribution is 2.24. The van der Waals surface area contributed by atoms with Gasteiger partial charge in [-0.15, -0.1) is 0 Å². The Kier molecular flexibility index (Phi) is 3.91. The van der Waals surface area contributed by atoms with Crippen LogP contribution in [0.2, 0.25) is 0 Å². The van der Waals surface area contributed by atoms with Gasteiger partial charge in [-0.3, -0.25) is 4.79 Å². The molecule has 0 saturated carbocycles. The quantitative estimate of drug-likeness (QED) is 0.898. The van der Waals surface area contributed by atoms with Crippen LogP contribution in [0.5, 0.6) is 0 Å². The molecule has 2 rings (SSSR count). The topological polar surface area (TPSA) is 55.1 Å². The Bertz CT molecular complexity index is 598. The van der Waals surface area contributed by atoms with Crippen LogP contribution in [0.1, 0.15) is 23.6 Å². The van der Waals surface area contributed by atoms with Crippen LogP contribution < -0.4 is 11.1 Å². The third-order valence-electron chi connectivity index (χ3n) is 3.56. The number of carbonyl (C=O) groups excluding carboxylic acids is 1. The van der Waals surface area contributed by atoms with E-state index in [1.54, 1.807) is 6.92 Å². The fraction of sp³-hybridized carbons (Fsp3) is 0.235. The van der Waals surface area contributed by atoms with E-state index in [1.165, 1.54) is 0 Å². The van der Waals surface area contributed by atoms with Crippen molar-refractivity contribution in [3.63, 3.8) is 0 Å². The number of anilines is 1. The Hall–Kier alpha value is -2.13. The molecule has 0 aliphatic carbocycles. The fourth-order valence-electron chi connectivity index (χ4n) is 2.17. The van der Waals surface area contributed by atoms with E-state index in [0.29, 0.717) is 0 Å². The number of rotatable bonds is 3. The van der Waals surface area contributed by atoms with Gasteiger partial charge in [0.1, 0.15) is 5.54 Å². The fourth-order valence-corrected chi connectivity index (χ4v) is 2.17. The van der Waals surface area contributed by atoms with Gasteiger partial charge in [0.25, 0.3) is 0 Å². The first-order valence-electron chi connectivity index (χ1n) is 6.65. The lowest BCUT2D eigenvalue weighted by Gasteiger charge is -2.25. The largest absolute Gasteiger partial charge is 0.324 e. The Morgan fingerprint density at radius 3 is 2.10 bits per heavy atom. The number of benzene rings is 2. The molecule has 3 heteroatoms. The number of nitrogens with one attached hydrogen (secondary N) is 1. The smallest absolute Gasteiger partial charge is 0.248 e. The van der Waals surface area contributed by atoms with Crippen LogP contribution in [-0.2, 0) is 10.3 Å². The molecule has 0 saturated heterocycles. The van der Waals surface area contributed by atoms with Crippen LogP contribution in [0, 0.1) is 13.8 Å². The zero-order chi connectivity index (χ0) is 14.8. The standard InChI is InChI=1S/C17H20N2O/c1-12-8-7-9-13(2)15(12)19-16(20)17(3,18)14-10-5-4-6-11-14/h4-11H,18H2,1-3H3,(H,19,20). The van der Waals surface area contributed by atoms with E-state index in [4.69, 9.17) is 5.73 Å². The van der Waals surface area contributed by atoms with Crippen LogP contribution >= 0.6 is 0 Å². The van der Waals surface area contributed by atoms with Crippen LogP contribution in [0.15, 0.2) is 48.5 Å². The normalized spacial score (nSPS) is 13.6. The van der Waals surface area contributed by atoms with E-state index in [-0.39, 0.29) is 5.91 Å². The van der Waals surface area contributed by atoms with Crippen LogP contribution in [0.3, 0.4) is 0 Å². The second-order valence-corrected chi connectivity index (χ2v) is 5.29. The number of hydrogen-bond acceptors (Lipinski definition) is 2. The van der Waals surface area contributed by atoms with E-state index >= 15 is 0 Å². The predicted molar refractivity (Wildman–Crippen MR) is 82.5 cm³/mol. The van der Waals surface area contributed by atoms with Crippen molar-refractivity contribution in [1.29, 1.82) is 0 Å². The average molecular weight is 268 g/mol. The lowest BCUT2D eigenvalue weighted by atomic mass is 9.92. The highest BCUT2D eigenvalue weighted by Gasteiger charge is 2.30. The molecule has 20 heavy (non-hydrogen) atoms. The molecule has 0 aliphatic heterocycles. The molecule has 0 fully saturated rings. The summed E-state index contributed by atoms with van der Waals surface area (Å²) in [6, 6.07) is 15.3. The van der Waals surface area contributed by atoms with Crippen molar-refractivity contribution in [3.05, 3.63) is 65.2 Å². The van der Waals surface area contributed by atoms with Gasteiger partial charge in [-0.25, -0.2) is 0 Å². The minimum atomic E-state index is -1.06. The molecule has 0 heterocycles. The van der Waals surface area contributed by atoms with Crippen LogP contribution in [0.4, 0.5) is 5.69 Å². The van der Waals surface area contributed by atoms with Crippen LogP contribution in [0.25, 0.3) is 0 Å². The summed E-state index contributed by atoms with van der Waals surface area (Å²) in [5, 5.41) is 2.95. The van der Waals surface area contributed by atoms with Gasteiger partial charge >= 0.3 is 0 Å². The molecule has 3 N–H and O–H groups in total. The average Bonchev–Trinajstić information content (AvgIpc) is 2.43. The predicted octanol–water partition coefficient (Wildman–Crippen LogP) is 3.12. The number of hydrogen-bond donors (Lipinski definition) is 2. The molecular formula is C17H20N2O. The van der Waals surface area contributed by atoms with Crippen molar-refractivity contribution >= 4 is 11.6 Å². The first-order valence-corrected chi connectivity index (χ1v) is 6.65. The van der Waals surface area contributed by atoms with Gasteiger partial charge in [0.15, 0.2) is 0 Å². The van der Waals surface area contributed by atoms with E-state index in [0.717, 1.165) is 22.4 Å². The monoisotopic (exact) mass is 268 g/mol. The van der Waals surface area contributed by atoms with Crippen molar-refractivity contribution in [2.45, 2.75) is 26.3 Å². The summed E-state index contributed by atoms with van der Waals surface area (Å²) in [5.74, 6) is -0.207. The van der Waals surface area contributed by atoms with Gasteiger partial charge in [0.2, 0.25) is 5.91 Å². The highest BCUT2D eigenvalue weighted by molar-refractivity contribution is 5.99. The number of nitrogens with two attached hydrogens (primary N) is 1. The Balaban J connectivity index is 2.28. The Morgan fingerprint density at radius 1 is 1.00 bits per heavy atom. The number of para-hydroxylation sites is 1. The third kappa shape index (κ3) is 2.73. The molecular weight excluding hydrogens is 248 g/mol. The van der Waals surface area contributed by atoms with Gasteiger partial charge in [-0.05, 0) is 37.5 Å². The number of aryl methyl sites for hydroxylation is 2. The molecule has 1 unspecified atom stereocenters. The maximum absolute atomic E-state index is 12.5. The summed E-state index contributed by atoms with van der Waals surface area (Å²) in [7, 11) is 0. The summed E-state index contributed by atoms with van der Waals surface area (Å²) in [6.45, 7) is 5.67. The van der Waals surface area contributed by atoms with Crippen molar-refractivity contribution in [2.75, 3.05) is 5.32 Å². The Labute approximate surface area is 119 Å². The number of amides is 1. The summed E-state index contributed by atoms with van der Waals surface area (Å²) in [6.07, 6.45) is 0. The van der Waals surface area contributed by atoms with Crippen molar-refractivity contribution in [3.8, 4) is 0 Å². The minimum absolute atomic E-state index is 0.207. The molecule has 1 atom stereocenters. The van der Waals surface area contributed by atoms with E-state index < -0.39 is 5.54 Å². The van der Waals surface area contributed by atoms with Gasteiger partial charge < -0.3 is 11.1 Å². The molecule has 0 spiro atoms.